The van der Waals surface area contributed by atoms with Crippen LogP contribution < -0.4 is 10.6 Å². The van der Waals surface area contributed by atoms with Crippen molar-refractivity contribution in [1.82, 2.24) is 10.6 Å². The number of nitrogens with one attached hydrogen (secondary N) is 2. The smallest absolute Gasteiger partial charge is 0.191 e. The summed E-state index contributed by atoms with van der Waals surface area (Å²) in [5.41, 5.74) is 0.0974. The second kappa shape index (κ2) is 11.8. The summed E-state index contributed by atoms with van der Waals surface area (Å²) in [6.07, 6.45) is 2.16. The van der Waals surface area contributed by atoms with Gasteiger partial charge in [0.25, 0.3) is 0 Å². The predicted octanol–water partition coefficient (Wildman–Crippen LogP) is 2.51. The van der Waals surface area contributed by atoms with Crippen molar-refractivity contribution in [1.29, 1.82) is 0 Å². The van der Waals surface area contributed by atoms with E-state index in [0.717, 1.165) is 39.2 Å². The van der Waals surface area contributed by atoms with Crippen LogP contribution in [-0.2, 0) is 15.9 Å². The summed E-state index contributed by atoms with van der Waals surface area (Å²) >= 11 is 0. The Morgan fingerprint density at radius 1 is 1.31 bits per heavy atom. The lowest BCUT2D eigenvalue weighted by Gasteiger charge is -2.12. The van der Waals surface area contributed by atoms with Crippen molar-refractivity contribution in [2.24, 2.45) is 10.9 Å². The van der Waals surface area contributed by atoms with Crippen LogP contribution in [0.3, 0.4) is 0 Å². The largest absolute Gasteiger partial charge is 0.381 e. The SMILES string of the molecule is CCNC(=NCCCOCC1CCOC1)NCCc1c(F)cccc1F. The molecule has 1 heterocycles. The summed E-state index contributed by atoms with van der Waals surface area (Å²) in [5.74, 6) is 0.141. The third-order valence-corrected chi connectivity index (χ3v) is 4.17. The second-order valence-corrected chi connectivity index (χ2v) is 6.30. The van der Waals surface area contributed by atoms with Crippen molar-refractivity contribution in [3.63, 3.8) is 0 Å². The van der Waals surface area contributed by atoms with Gasteiger partial charge in [-0.15, -0.1) is 0 Å². The van der Waals surface area contributed by atoms with E-state index in [1.54, 1.807) is 0 Å². The number of benzene rings is 1. The Hall–Kier alpha value is -1.73. The van der Waals surface area contributed by atoms with Crippen LogP contribution in [0.4, 0.5) is 8.78 Å². The molecule has 1 fully saturated rings. The quantitative estimate of drug-likeness (QED) is 0.378. The van der Waals surface area contributed by atoms with Gasteiger partial charge in [0.15, 0.2) is 5.96 Å². The van der Waals surface area contributed by atoms with Crippen LogP contribution in [-0.4, -0.2) is 52.0 Å². The molecule has 1 aromatic carbocycles. The lowest BCUT2D eigenvalue weighted by Crippen LogP contribution is -2.38. The van der Waals surface area contributed by atoms with E-state index in [9.17, 15) is 8.78 Å². The predicted molar refractivity (Wildman–Crippen MR) is 98.4 cm³/mol. The van der Waals surface area contributed by atoms with Crippen molar-refractivity contribution in [2.75, 3.05) is 46.1 Å². The van der Waals surface area contributed by atoms with Gasteiger partial charge in [-0.25, -0.2) is 8.78 Å². The van der Waals surface area contributed by atoms with E-state index in [1.807, 2.05) is 6.92 Å². The average molecular weight is 369 g/mol. The summed E-state index contributed by atoms with van der Waals surface area (Å²) in [7, 11) is 0. The number of rotatable bonds is 10. The molecule has 146 valence electrons. The van der Waals surface area contributed by atoms with E-state index in [2.05, 4.69) is 15.6 Å². The van der Waals surface area contributed by atoms with E-state index in [4.69, 9.17) is 9.47 Å². The van der Waals surface area contributed by atoms with Crippen molar-refractivity contribution in [3.8, 4) is 0 Å². The summed E-state index contributed by atoms with van der Waals surface area (Å²) < 4.78 is 38.2. The van der Waals surface area contributed by atoms with Gasteiger partial charge in [0.05, 0.1) is 13.2 Å². The molecule has 0 bridgehead atoms. The molecule has 1 unspecified atom stereocenters. The average Bonchev–Trinajstić information content (AvgIpc) is 3.13. The topological polar surface area (TPSA) is 54.9 Å². The Morgan fingerprint density at radius 3 is 2.81 bits per heavy atom. The third kappa shape index (κ3) is 7.25. The summed E-state index contributed by atoms with van der Waals surface area (Å²) in [5, 5.41) is 6.24. The van der Waals surface area contributed by atoms with Crippen molar-refractivity contribution in [2.45, 2.75) is 26.2 Å². The van der Waals surface area contributed by atoms with Crippen LogP contribution in [0.15, 0.2) is 23.2 Å². The molecule has 0 spiro atoms. The molecule has 5 nitrogen and oxygen atoms in total. The standard InChI is InChI=1S/C19H29F2N3O2/c1-2-22-19(23-9-4-11-25-13-15-8-12-26-14-15)24-10-7-16-17(20)5-3-6-18(16)21/h3,5-6,15H,2,4,7-14H2,1H3,(H2,22,23,24). The number of aliphatic imine (C=N–C) groups is 1. The molecule has 1 saturated heterocycles. The Kier molecular flexibility index (Phi) is 9.34. The lowest BCUT2D eigenvalue weighted by atomic mass is 10.1. The van der Waals surface area contributed by atoms with Crippen molar-refractivity contribution < 1.29 is 18.3 Å². The van der Waals surface area contributed by atoms with Gasteiger partial charge in [-0.3, -0.25) is 4.99 Å². The molecule has 1 aromatic rings. The number of halogens is 2. The van der Waals surface area contributed by atoms with Gasteiger partial charge in [-0.05, 0) is 38.3 Å². The summed E-state index contributed by atoms with van der Waals surface area (Å²) in [4.78, 5) is 4.46. The van der Waals surface area contributed by atoms with E-state index in [1.165, 1.54) is 18.2 Å². The molecule has 1 aliphatic rings. The molecule has 0 saturated carbocycles. The molecule has 26 heavy (non-hydrogen) atoms. The Labute approximate surface area is 154 Å². The number of guanidine groups is 1. The van der Waals surface area contributed by atoms with Crippen LogP contribution in [0.1, 0.15) is 25.3 Å². The van der Waals surface area contributed by atoms with Crippen LogP contribution in [0.25, 0.3) is 0 Å². The Bertz CT molecular complexity index is 543. The number of hydrogen-bond acceptors (Lipinski definition) is 3. The lowest BCUT2D eigenvalue weighted by molar-refractivity contribution is 0.0893. The van der Waals surface area contributed by atoms with E-state index in [0.29, 0.717) is 31.6 Å². The molecule has 0 radical (unpaired) electrons. The summed E-state index contributed by atoms with van der Waals surface area (Å²) in [6, 6.07) is 3.92. The van der Waals surface area contributed by atoms with Gasteiger partial charge in [-0.2, -0.15) is 0 Å². The molecule has 2 rings (SSSR count). The number of hydrogen-bond donors (Lipinski definition) is 2. The first-order valence-electron chi connectivity index (χ1n) is 9.31. The maximum Gasteiger partial charge on any atom is 0.191 e. The molecular weight excluding hydrogens is 340 g/mol. The molecule has 0 aromatic heterocycles. The van der Waals surface area contributed by atoms with Crippen LogP contribution >= 0.6 is 0 Å². The van der Waals surface area contributed by atoms with Gasteiger partial charge in [0.2, 0.25) is 0 Å². The Morgan fingerprint density at radius 2 is 2.12 bits per heavy atom. The minimum atomic E-state index is -0.515. The first-order valence-corrected chi connectivity index (χ1v) is 9.31. The zero-order valence-electron chi connectivity index (χ0n) is 15.4. The van der Waals surface area contributed by atoms with Crippen molar-refractivity contribution in [3.05, 3.63) is 35.4 Å². The Balaban J connectivity index is 1.65. The minimum absolute atomic E-state index is 0.0974. The maximum absolute atomic E-state index is 13.6. The molecule has 2 N–H and O–H groups in total. The molecule has 1 atom stereocenters. The van der Waals surface area contributed by atoms with Gasteiger partial charge in [-0.1, -0.05) is 6.07 Å². The van der Waals surface area contributed by atoms with E-state index >= 15 is 0 Å². The highest BCUT2D eigenvalue weighted by Gasteiger charge is 2.15. The minimum Gasteiger partial charge on any atom is -0.381 e. The van der Waals surface area contributed by atoms with Crippen molar-refractivity contribution >= 4 is 5.96 Å². The molecule has 7 heteroatoms. The fourth-order valence-electron chi connectivity index (χ4n) is 2.74. The highest BCUT2D eigenvalue weighted by Crippen LogP contribution is 2.12. The zero-order chi connectivity index (χ0) is 18.6. The van der Waals surface area contributed by atoms with Gasteiger partial charge >= 0.3 is 0 Å². The first kappa shape index (κ1) is 20.6. The monoisotopic (exact) mass is 369 g/mol. The van der Waals surface area contributed by atoms with Gasteiger partial charge in [0, 0.05) is 44.3 Å². The molecule has 0 aliphatic carbocycles. The third-order valence-electron chi connectivity index (χ3n) is 4.17. The highest BCUT2D eigenvalue weighted by atomic mass is 19.1. The normalized spacial score (nSPS) is 17.5. The van der Waals surface area contributed by atoms with Gasteiger partial charge < -0.3 is 20.1 Å². The van der Waals surface area contributed by atoms with Crippen LogP contribution in [0.5, 0.6) is 0 Å². The maximum atomic E-state index is 13.6. The fourth-order valence-corrected chi connectivity index (χ4v) is 2.74. The van der Waals surface area contributed by atoms with E-state index < -0.39 is 11.6 Å². The van der Waals surface area contributed by atoms with Crippen LogP contribution in [0, 0.1) is 17.6 Å². The zero-order valence-corrected chi connectivity index (χ0v) is 15.4. The van der Waals surface area contributed by atoms with Crippen LogP contribution in [0.2, 0.25) is 0 Å². The highest BCUT2D eigenvalue weighted by molar-refractivity contribution is 5.79. The molecular formula is C19H29F2N3O2. The molecule has 1 aliphatic heterocycles. The number of ether oxygens (including phenoxy) is 2. The second-order valence-electron chi connectivity index (χ2n) is 6.30. The first-order chi connectivity index (χ1) is 12.7. The fraction of sp³-hybridized carbons (Fsp3) is 0.632. The van der Waals surface area contributed by atoms with E-state index in [-0.39, 0.29) is 12.0 Å². The summed E-state index contributed by atoms with van der Waals surface area (Å²) in [6.45, 7) is 6.78. The van der Waals surface area contributed by atoms with Gasteiger partial charge in [0.1, 0.15) is 11.6 Å². The molecule has 0 amide bonds. The number of nitrogens with zero attached hydrogens (tertiary/aromatic N) is 1.